The normalized spacial score (nSPS) is 23.8. The largest absolute Gasteiger partial charge is 0.373 e. The molecular formula is C15H21ClFNO. The van der Waals surface area contributed by atoms with Crippen molar-refractivity contribution in [1.29, 1.82) is 0 Å². The van der Waals surface area contributed by atoms with Crippen molar-refractivity contribution in [2.75, 3.05) is 13.2 Å². The fraction of sp³-hybridized carbons (Fsp3) is 0.600. The van der Waals surface area contributed by atoms with Crippen LogP contribution in [-0.4, -0.2) is 19.2 Å². The highest BCUT2D eigenvalue weighted by molar-refractivity contribution is 6.30. The summed E-state index contributed by atoms with van der Waals surface area (Å²) in [6.07, 6.45) is 1.89. The maximum atomic E-state index is 14.0. The molecule has 0 aromatic heterocycles. The van der Waals surface area contributed by atoms with Gasteiger partial charge in [0.2, 0.25) is 0 Å². The van der Waals surface area contributed by atoms with Crippen molar-refractivity contribution in [3.05, 3.63) is 34.6 Å². The Hall–Kier alpha value is -0.640. The first-order valence-corrected chi connectivity index (χ1v) is 7.25. The van der Waals surface area contributed by atoms with Crippen molar-refractivity contribution < 1.29 is 9.13 Å². The maximum absolute atomic E-state index is 14.0. The van der Waals surface area contributed by atoms with Crippen LogP contribution in [0.2, 0.25) is 5.02 Å². The lowest BCUT2D eigenvalue weighted by Crippen LogP contribution is -2.35. The topological polar surface area (TPSA) is 21.3 Å². The smallest absolute Gasteiger partial charge is 0.129 e. The van der Waals surface area contributed by atoms with Gasteiger partial charge in [0, 0.05) is 35.7 Å². The van der Waals surface area contributed by atoms with Gasteiger partial charge in [0.1, 0.15) is 5.82 Å². The van der Waals surface area contributed by atoms with Crippen molar-refractivity contribution in [2.24, 2.45) is 5.92 Å². The molecular weight excluding hydrogens is 265 g/mol. The van der Waals surface area contributed by atoms with Crippen molar-refractivity contribution in [2.45, 2.75) is 38.8 Å². The van der Waals surface area contributed by atoms with E-state index in [9.17, 15) is 4.39 Å². The molecule has 2 atom stereocenters. The van der Waals surface area contributed by atoms with Crippen molar-refractivity contribution in [3.8, 4) is 0 Å². The Bertz CT molecular complexity index is 425. The summed E-state index contributed by atoms with van der Waals surface area (Å²) < 4.78 is 19.8. The molecule has 0 amide bonds. The maximum Gasteiger partial charge on any atom is 0.129 e. The Morgan fingerprint density at radius 1 is 1.47 bits per heavy atom. The van der Waals surface area contributed by atoms with Crippen molar-refractivity contribution in [3.63, 3.8) is 0 Å². The molecule has 1 fully saturated rings. The van der Waals surface area contributed by atoms with Crippen molar-refractivity contribution >= 4 is 11.6 Å². The van der Waals surface area contributed by atoms with Crippen LogP contribution in [-0.2, 0) is 4.74 Å². The molecule has 0 saturated carbocycles. The summed E-state index contributed by atoms with van der Waals surface area (Å²) in [5.74, 6) is 0.0648. The molecule has 1 saturated heterocycles. The van der Waals surface area contributed by atoms with Gasteiger partial charge in [-0.1, -0.05) is 25.4 Å². The lowest BCUT2D eigenvalue weighted by atomic mass is 9.89. The number of hydrogen-bond acceptors (Lipinski definition) is 2. The molecule has 0 spiro atoms. The number of hydrogen-bond donors (Lipinski definition) is 1. The summed E-state index contributed by atoms with van der Waals surface area (Å²) >= 11 is 5.97. The summed E-state index contributed by atoms with van der Waals surface area (Å²) in [6, 6.07) is 5.11. The third-order valence-electron chi connectivity index (χ3n) is 3.50. The Morgan fingerprint density at radius 2 is 2.26 bits per heavy atom. The summed E-state index contributed by atoms with van der Waals surface area (Å²) in [5, 5.41) is 3.97. The van der Waals surface area contributed by atoms with E-state index in [4.69, 9.17) is 16.3 Å². The number of nitrogens with one attached hydrogen (secondary N) is 1. The third kappa shape index (κ3) is 3.91. The van der Waals surface area contributed by atoms with Gasteiger partial charge in [-0.3, -0.25) is 0 Å². The van der Waals surface area contributed by atoms with E-state index in [1.165, 1.54) is 6.07 Å². The average molecular weight is 286 g/mol. The van der Waals surface area contributed by atoms with Crippen LogP contribution in [0.5, 0.6) is 0 Å². The van der Waals surface area contributed by atoms with Gasteiger partial charge in [0.25, 0.3) is 0 Å². The Morgan fingerprint density at radius 3 is 3.00 bits per heavy atom. The van der Waals surface area contributed by atoms with Crippen LogP contribution in [0.15, 0.2) is 18.2 Å². The number of ether oxygens (including phenoxy) is 1. The molecule has 2 unspecified atom stereocenters. The van der Waals surface area contributed by atoms with E-state index < -0.39 is 0 Å². The standard InChI is InChI=1S/C15H21ClFNO/c1-10(2)18-9-11-4-3-7-19-15(11)13-8-12(16)5-6-14(13)17/h5-6,8,10-11,15,18H,3-4,7,9H2,1-2H3. The quantitative estimate of drug-likeness (QED) is 0.904. The molecule has 1 aromatic carbocycles. The van der Waals surface area contributed by atoms with Crippen molar-refractivity contribution in [1.82, 2.24) is 5.32 Å². The average Bonchev–Trinajstić information content (AvgIpc) is 2.39. The zero-order valence-corrected chi connectivity index (χ0v) is 12.2. The zero-order chi connectivity index (χ0) is 13.8. The highest BCUT2D eigenvalue weighted by Crippen LogP contribution is 2.35. The lowest BCUT2D eigenvalue weighted by molar-refractivity contribution is -0.0301. The van der Waals surface area contributed by atoms with Gasteiger partial charge in [-0.25, -0.2) is 4.39 Å². The van der Waals surface area contributed by atoms with Crippen LogP contribution in [0, 0.1) is 11.7 Å². The molecule has 19 heavy (non-hydrogen) atoms. The molecule has 1 aromatic rings. The summed E-state index contributed by atoms with van der Waals surface area (Å²) in [6.45, 7) is 5.75. The van der Waals surface area contributed by atoms with Crippen LogP contribution in [0.25, 0.3) is 0 Å². The molecule has 2 nitrogen and oxygen atoms in total. The first-order valence-electron chi connectivity index (χ1n) is 6.88. The predicted octanol–water partition coefficient (Wildman–Crippen LogP) is 3.94. The summed E-state index contributed by atoms with van der Waals surface area (Å²) in [7, 11) is 0. The minimum absolute atomic E-state index is 0.196. The molecule has 0 radical (unpaired) electrons. The Labute approximate surface area is 119 Å². The van der Waals surface area contributed by atoms with E-state index in [1.807, 2.05) is 0 Å². The summed E-state index contributed by atoms with van der Waals surface area (Å²) in [4.78, 5) is 0. The summed E-state index contributed by atoms with van der Waals surface area (Å²) in [5.41, 5.74) is 0.586. The first kappa shape index (κ1) is 14.8. The third-order valence-corrected chi connectivity index (χ3v) is 3.73. The minimum Gasteiger partial charge on any atom is -0.373 e. The fourth-order valence-electron chi connectivity index (χ4n) is 2.52. The second-order valence-electron chi connectivity index (χ2n) is 5.42. The van der Waals surface area contributed by atoms with Gasteiger partial charge in [-0.15, -0.1) is 0 Å². The molecule has 0 aliphatic carbocycles. The molecule has 1 aliphatic rings. The molecule has 2 rings (SSSR count). The highest BCUT2D eigenvalue weighted by Gasteiger charge is 2.29. The first-order chi connectivity index (χ1) is 9.08. The van der Waals surface area contributed by atoms with Gasteiger partial charge in [0.05, 0.1) is 6.10 Å². The van der Waals surface area contributed by atoms with Gasteiger partial charge in [-0.2, -0.15) is 0 Å². The van der Waals surface area contributed by atoms with E-state index >= 15 is 0 Å². The predicted molar refractivity (Wildman–Crippen MR) is 76.0 cm³/mol. The van der Waals surface area contributed by atoms with E-state index in [2.05, 4.69) is 19.2 Å². The monoisotopic (exact) mass is 285 g/mol. The van der Waals surface area contributed by atoms with Gasteiger partial charge in [0.15, 0.2) is 0 Å². The number of benzene rings is 1. The molecule has 4 heteroatoms. The van der Waals surface area contributed by atoms with Crippen LogP contribution >= 0.6 is 11.6 Å². The molecule has 0 bridgehead atoms. The highest BCUT2D eigenvalue weighted by atomic mass is 35.5. The number of halogens is 2. The number of rotatable bonds is 4. The van der Waals surface area contributed by atoms with Crippen LogP contribution in [0.3, 0.4) is 0 Å². The van der Waals surface area contributed by atoms with Gasteiger partial charge in [-0.05, 0) is 31.0 Å². The van der Waals surface area contributed by atoms with E-state index in [0.29, 0.717) is 29.2 Å². The van der Waals surface area contributed by atoms with Gasteiger partial charge >= 0.3 is 0 Å². The SMILES string of the molecule is CC(C)NCC1CCCOC1c1cc(Cl)ccc1F. The van der Waals surface area contributed by atoms with Crippen LogP contribution in [0.1, 0.15) is 38.4 Å². The molecule has 1 N–H and O–H groups in total. The Balaban J connectivity index is 2.16. The van der Waals surface area contributed by atoms with E-state index in [1.54, 1.807) is 12.1 Å². The van der Waals surface area contributed by atoms with E-state index in [0.717, 1.165) is 19.4 Å². The minimum atomic E-state index is -0.231. The zero-order valence-electron chi connectivity index (χ0n) is 11.5. The van der Waals surface area contributed by atoms with E-state index in [-0.39, 0.29) is 11.9 Å². The molecule has 106 valence electrons. The van der Waals surface area contributed by atoms with Crippen LogP contribution < -0.4 is 5.32 Å². The second-order valence-corrected chi connectivity index (χ2v) is 5.86. The van der Waals surface area contributed by atoms with Gasteiger partial charge < -0.3 is 10.1 Å². The second kappa shape index (κ2) is 6.69. The molecule has 1 heterocycles. The Kier molecular flexibility index (Phi) is 5.20. The van der Waals surface area contributed by atoms with Crippen LogP contribution in [0.4, 0.5) is 4.39 Å². The fourth-order valence-corrected chi connectivity index (χ4v) is 2.70. The molecule has 1 aliphatic heterocycles. The lowest BCUT2D eigenvalue weighted by Gasteiger charge is -2.33.